The molecule has 0 spiro atoms. The van der Waals surface area contributed by atoms with Gasteiger partial charge in [-0.1, -0.05) is 18.2 Å². The lowest BCUT2D eigenvalue weighted by Crippen LogP contribution is -2.40. The molecule has 0 aromatic heterocycles. The van der Waals surface area contributed by atoms with Gasteiger partial charge in [0.25, 0.3) is 0 Å². The van der Waals surface area contributed by atoms with Gasteiger partial charge < -0.3 is 30.0 Å². The Morgan fingerprint density at radius 3 is 2.81 bits per heavy atom. The van der Waals surface area contributed by atoms with Crippen LogP contribution in [0.15, 0.2) is 42.5 Å². The van der Waals surface area contributed by atoms with E-state index in [9.17, 15) is 9.90 Å². The molecule has 2 aromatic rings. The van der Waals surface area contributed by atoms with Gasteiger partial charge in [0, 0.05) is 0 Å². The number of anilines is 1. The van der Waals surface area contributed by atoms with E-state index in [1.807, 2.05) is 13.0 Å². The number of carbonyl (C=O) groups excluding carboxylic acids is 1. The highest BCUT2D eigenvalue weighted by molar-refractivity contribution is 5.90. The lowest BCUT2D eigenvalue weighted by Gasteiger charge is -2.24. The van der Waals surface area contributed by atoms with E-state index in [1.165, 1.54) is 0 Å². The molecule has 3 rings (SSSR count). The molecular weight excluding hydrogens is 336 g/mol. The van der Waals surface area contributed by atoms with Crippen molar-refractivity contribution in [3.05, 3.63) is 48.0 Å². The summed E-state index contributed by atoms with van der Waals surface area (Å²) in [5.74, 6) is 1.81. The quantitative estimate of drug-likeness (QED) is 0.739. The number of hydrogen-bond acceptors (Lipinski definition) is 5. The molecule has 26 heavy (non-hydrogen) atoms. The molecule has 1 heterocycles. The van der Waals surface area contributed by atoms with Crippen LogP contribution in [0.2, 0.25) is 0 Å². The van der Waals surface area contributed by atoms with E-state index in [4.69, 9.17) is 14.2 Å². The molecule has 2 amide bonds. The van der Waals surface area contributed by atoms with E-state index < -0.39 is 11.6 Å². The SMILES string of the molecule is CCOc1ccccc1NC(=O)NCC(C)(O)c1ccc2c(c1)OCO2. The molecule has 0 aliphatic carbocycles. The predicted molar refractivity (Wildman–Crippen MR) is 96.8 cm³/mol. The Morgan fingerprint density at radius 1 is 1.23 bits per heavy atom. The minimum Gasteiger partial charge on any atom is -0.492 e. The number of ether oxygens (including phenoxy) is 3. The van der Waals surface area contributed by atoms with Gasteiger partial charge in [-0.25, -0.2) is 4.79 Å². The van der Waals surface area contributed by atoms with E-state index in [-0.39, 0.29) is 13.3 Å². The summed E-state index contributed by atoms with van der Waals surface area (Å²) in [5.41, 5.74) is -0.0797. The molecule has 0 saturated heterocycles. The standard InChI is InChI=1S/C19H22N2O5/c1-3-24-15-7-5-4-6-14(15)21-18(22)20-11-19(2,23)13-8-9-16-17(10-13)26-12-25-16/h4-10,23H,3,11-12H2,1-2H3,(H2,20,21,22). The van der Waals surface area contributed by atoms with Crippen LogP contribution in [0.4, 0.5) is 10.5 Å². The third-order valence-corrected chi connectivity index (χ3v) is 4.02. The van der Waals surface area contributed by atoms with Crippen molar-refractivity contribution in [2.75, 3.05) is 25.3 Å². The monoisotopic (exact) mass is 358 g/mol. The van der Waals surface area contributed by atoms with Crippen LogP contribution in [-0.2, 0) is 5.60 Å². The molecule has 0 saturated carbocycles. The summed E-state index contributed by atoms with van der Waals surface area (Å²) >= 11 is 0. The van der Waals surface area contributed by atoms with Crippen LogP contribution in [-0.4, -0.2) is 31.1 Å². The molecule has 1 atom stereocenters. The van der Waals surface area contributed by atoms with Crippen LogP contribution in [0.25, 0.3) is 0 Å². The van der Waals surface area contributed by atoms with Gasteiger partial charge in [-0.15, -0.1) is 0 Å². The largest absolute Gasteiger partial charge is 0.492 e. The van der Waals surface area contributed by atoms with Gasteiger partial charge in [0.2, 0.25) is 6.79 Å². The average Bonchev–Trinajstić information content (AvgIpc) is 3.10. The number of hydrogen-bond donors (Lipinski definition) is 3. The van der Waals surface area contributed by atoms with Crippen LogP contribution in [0.5, 0.6) is 17.2 Å². The topological polar surface area (TPSA) is 89.1 Å². The number of para-hydroxylation sites is 2. The second-order valence-electron chi connectivity index (χ2n) is 6.08. The molecule has 7 heteroatoms. The zero-order chi connectivity index (χ0) is 18.6. The average molecular weight is 358 g/mol. The molecule has 2 aromatic carbocycles. The lowest BCUT2D eigenvalue weighted by atomic mass is 9.95. The molecule has 138 valence electrons. The summed E-state index contributed by atoms with van der Waals surface area (Å²) in [5, 5.41) is 16.1. The van der Waals surface area contributed by atoms with Gasteiger partial charge in [-0.05, 0) is 43.7 Å². The van der Waals surface area contributed by atoms with Gasteiger partial charge in [0.15, 0.2) is 11.5 Å². The molecule has 7 nitrogen and oxygen atoms in total. The Bertz CT molecular complexity index is 791. The Morgan fingerprint density at radius 2 is 2.00 bits per heavy atom. The number of aliphatic hydroxyl groups is 1. The first kappa shape index (κ1) is 17.9. The first-order valence-corrected chi connectivity index (χ1v) is 8.39. The summed E-state index contributed by atoms with van der Waals surface area (Å²) in [6.45, 7) is 4.19. The second-order valence-corrected chi connectivity index (χ2v) is 6.08. The number of rotatable bonds is 6. The number of benzene rings is 2. The number of carbonyl (C=O) groups is 1. The highest BCUT2D eigenvalue weighted by Gasteiger charge is 2.26. The Balaban J connectivity index is 1.62. The molecule has 1 unspecified atom stereocenters. The molecule has 1 aliphatic rings. The summed E-state index contributed by atoms with van der Waals surface area (Å²) in [6, 6.07) is 11.9. The van der Waals surface area contributed by atoms with Crippen LogP contribution < -0.4 is 24.8 Å². The predicted octanol–water partition coefficient (Wildman–Crippen LogP) is 2.84. The van der Waals surface area contributed by atoms with Crippen molar-refractivity contribution in [2.45, 2.75) is 19.4 Å². The fourth-order valence-electron chi connectivity index (χ4n) is 2.60. The number of fused-ring (bicyclic) bond motifs is 1. The maximum atomic E-state index is 12.2. The van der Waals surface area contributed by atoms with Crippen molar-refractivity contribution in [3.63, 3.8) is 0 Å². The van der Waals surface area contributed by atoms with Crippen molar-refractivity contribution < 1.29 is 24.1 Å². The van der Waals surface area contributed by atoms with E-state index in [1.54, 1.807) is 43.3 Å². The third-order valence-electron chi connectivity index (χ3n) is 4.02. The van der Waals surface area contributed by atoms with Crippen LogP contribution in [0.1, 0.15) is 19.4 Å². The van der Waals surface area contributed by atoms with Gasteiger partial charge in [0.1, 0.15) is 11.4 Å². The number of amides is 2. The highest BCUT2D eigenvalue weighted by Crippen LogP contribution is 2.35. The molecule has 0 radical (unpaired) electrons. The minimum absolute atomic E-state index is 0.0231. The van der Waals surface area contributed by atoms with Crippen molar-refractivity contribution in [1.29, 1.82) is 0 Å². The van der Waals surface area contributed by atoms with Gasteiger partial charge in [-0.2, -0.15) is 0 Å². The smallest absolute Gasteiger partial charge is 0.319 e. The summed E-state index contributed by atoms with van der Waals surface area (Å²) in [6.07, 6.45) is 0. The van der Waals surface area contributed by atoms with Crippen LogP contribution in [0, 0.1) is 0 Å². The van der Waals surface area contributed by atoms with Gasteiger partial charge in [-0.3, -0.25) is 0 Å². The zero-order valence-electron chi connectivity index (χ0n) is 14.7. The highest BCUT2D eigenvalue weighted by atomic mass is 16.7. The van der Waals surface area contributed by atoms with Crippen molar-refractivity contribution in [2.24, 2.45) is 0 Å². The Hall–Kier alpha value is -2.93. The fourth-order valence-corrected chi connectivity index (χ4v) is 2.60. The van der Waals surface area contributed by atoms with Crippen LogP contribution in [0.3, 0.4) is 0 Å². The third kappa shape index (κ3) is 4.00. The molecule has 0 fully saturated rings. The second kappa shape index (κ2) is 7.53. The Kier molecular flexibility index (Phi) is 5.18. The number of nitrogens with one attached hydrogen (secondary N) is 2. The fraction of sp³-hybridized carbons (Fsp3) is 0.316. The van der Waals surface area contributed by atoms with Gasteiger partial charge in [0.05, 0.1) is 18.8 Å². The molecular formula is C19H22N2O5. The minimum atomic E-state index is -1.27. The lowest BCUT2D eigenvalue weighted by molar-refractivity contribution is 0.0597. The van der Waals surface area contributed by atoms with Crippen LogP contribution >= 0.6 is 0 Å². The number of urea groups is 1. The first-order valence-electron chi connectivity index (χ1n) is 8.39. The van der Waals surface area contributed by atoms with E-state index in [0.29, 0.717) is 35.1 Å². The van der Waals surface area contributed by atoms with E-state index in [0.717, 1.165) is 0 Å². The van der Waals surface area contributed by atoms with E-state index >= 15 is 0 Å². The summed E-state index contributed by atoms with van der Waals surface area (Å²) in [4.78, 5) is 12.2. The maximum Gasteiger partial charge on any atom is 0.319 e. The van der Waals surface area contributed by atoms with Crippen molar-refractivity contribution >= 4 is 11.7 Å². The zero-order valence-corrected chi connectivity index (χ0v) is 14.7. The maximum absolute atomic E-state index is 12.2. The molecule has 1 aliphatic heterocycles. The van der Waals surface area contributed by atoms with Crippen molar-refractivity contribution in [3.8, 4) is 17.2 Å². The Labute approximate surface area is 151 Å². The summed E-state index contributed by atoms with van der Waals surface area (Å²) < 4.78 is 16.1. The molecule has 3 N–H and O–H groups in total. The normalized spacial score (nSPS) is 14.4. The first-order chi connectivity index (χ1) is 12.5. The van der Waals surface area contributed by atoms with Gasteiger partial charge >= 0.3 is 6.03 Å². The summed E-state index contributed by atoms with van der Waals surface area (Å²) in [7, 11) is 0. The molecule has 0 bridgehead atoms. The van der Waals surface area contributed by atoms with Crippen molar-refractivity contribution in [1.82, 2.24) is 5.32 Å². The van der Waals surface area contributed by atoms with E-state index in [2.05, 4.69) is 10.6 Å².